The van der Waals surface area contributed by atoms with Gasteiger partial charge in [-0.3, -0.25) is 4.79 Å². The number of rotatable bonds is 5. The van der Waals surface area contributed by atoms with Crippen LogP contribution in [0.3, 0.4) is 0 Å². The maximum atomic E-state index is 11.6. The first kappa shape index (κ1) is 14.7. The van der Waals surface area contributed by atoms with E-state index in [1.807, 2.05) is 0 Å². The largest absolute Gasteiger partial charge is 0.484 e. The Kier molecular flexibility index (Phi) is 4.93. The van der Waals surface area contributed by atoms with Crippen molar-refractivity contribution in [3.63, 3.8) is 0 Å². The van der Waals surface area contributed by atoms with Crippen molar-refractivity contribution in [2.45, 2.75) is 19.4 Å². The Balaban J connectivity index is 2.50. The van der Waals surface area contributed by atoms with Gasteiger partial charge in [-0.1, -0.05) is 29.9 Å². The number of hydrogen-bond donors (Lipinski definition) is 2. The van der Waals surface area contributed by atoms with Gasteiger partial charge in [0.1, 0.15) is 5.75 Å². The molecule has 0 atom stereocenters. The maximum Gasteiger partial charge on any atom is 0.258 e. The average molecular weight is 287 g/mol. The number of ether oxygens (including phenoxy) is 1. The van der Waals surface area contributed by atoms with Gasteiger partial charge in [-0.2, -0.15) is 0 Å². The fourth-order valence-corrected chi connectivity index (χ4v) is 1.38. The summed E-state index contributed by atoms with van der Waals surface area (Å²) in [4.78, 5) is 11.9. The van der Waals surface area contributed by atoms with Crippen molar-refractivity contribution in [1.82, 2.24) is 5.32 Å². The van der Waals surface area contributed by atoms with E-state index in [0.717, 1.165) is 0 Å². The van der Waals surface area contributed by atoms with Crippen molar-refractivity contribution in [1.29, 1.82) is 0 Å². The standard InChI is InChI=1S/C12H15ClN2O2S/c1-12(2,11(14)18)15-10(16)7-17-9-5-3-4-8(13)6-9/h3-6H,7H2,1-2H3,(H2,14,18)(H,15,16). The number of carbonyl (C=O) groups excluding carboxylic acids is 1. The topological polar surface area (TPSA) is 64.3 Å². The molecule has 6 heteroatoms. The van der Waals surface area contributed by atoms with Gasteiger partial charge in [-0.05, 0) is 32.0 Å². The number of carbonyl (C=O) groups is 1. The minimum Gasteiger partial charge on any atom is -0.484 e. The molecule has 0 saturated heterocycles. The van der Waals surface area contributed by atoms with Crippen LogP contribution in [0.2, 0.25) is 5.02 Å². The summed E-state index contributed by atoms with van der Waals surface area (Å²) in [5.41, 5.74) is 4.77. The van der Waals surface area contributed by atoms with Crippen LogP contribution >= 0.6 is 23.8 Å². The Morgan fingerprint density at radius 1 is 1.56 bits per heavy atom. The number of thiocarbonyl (C=S) groups is 1. The molecule has 98 valence electrons. The second kappa shape index (κ2) is 6.02. The van der Waals surface area contributed by atoms with E-state index < -0.39 is 5.54 Å². The van der Waals surface area contributed by atoms with E-state index in [2.05, 4.69) is 5.32 Å². The van der Waals surface area contributed by atoms with E-state index >= 15 is 0 Å². The van der Waals surface area contributed by atoms with Crippen LogP contribution in [0.25, 0.3) is 0 Å². The van der Waals surface area contributed by atoms with E-state index in [1.165, 1.54) is 0 Å². The summed E-state index contributed by atoms with van der Waals surface area (Å²) in [7, 11) is 0. The molecule has 0 aliphatic rings. The smallest absolute Gasteiger partial charge is 0.258 e. The Bertz CT molecular complexity index is 463. The summed E-state index contributed by atoms with van der Waals surface area (Å²) < 4.78 is 5.29. The summed E-state index contributed by atoms with van der Waals surface area (Å²) in [6, 6.07) is 6.82. The molecule has 0 fully saturated rings. The van der Waals surface area contributed by atoms with Crippen LogP contribution in [-0.4, -0.2) is 23.0 Å². The van der Waals surface area contributed by atoms with E-state index in [0.29, 0.717) is 10.8 Å². The fraction of sp³-hybridized carbons (Fsp3) is 0.333. The molecule has 1 rings (SSSR count). The number of nitrogens with one attached hydrogen (secondary N) is 1. The molecular weight excluding hydrogens is 272 g/mol. The first-order chi connectivity index (χ1) is 8.31. The zero-order valence-electron chi connectivity index (χ0n) is 10.2. The summed E-state index contributed by atoms with van der Waals surface area (Å²) in [6.07, 6.45) is 0. The zero-order valence-corrected chi connectivity index (χ0v) is 11.8. The maximum absolute atomic E-state index is 11.6. The van der Waals surface area contributed by atoms with Crippen LogP contribution < -0.4 is 15.8 Å². The van der Waals surface area contributed by atoms with E-state index in [4.69, 9.17) is 34.3 Å². The van der Waals surface area contributed by atoms with Gasteiger partial charge in [-0.25, -0.2) is 0 Å². The highest BCUT2D eigenvalue weighted by Crippen LogP contribution is 2.16. The lowest BCUT2D eigenvalue weighted by Crippen LogP contribution is -2.53. The van der Waals surface area contributed by atoms with Crippen LogP contribution in [0.5, 0.6) is 5.75 Å². The Morgan fingerprint density at radius 2 is 2.22 bits per heavy atom. The fourth-order valence-electron chi connectivity index (χ4n) is 1.15. The first-order valence-electron chi connectivity index (χ1n) is 5.30. The van der Waals surface area contributed by atoms with Crippen molar-refractivity contribution < 1.29 is 9.53 Å². The first-order valence-corrected chi connectivity index (χ1v) is 6.09. The molecule has 0 radical (unpaired) electrons. The van der Waals surface area contributed by atoms with Gasteiger partial charge in [0.25, 0.3) is 5.91 Å². The van der Waals surface area contributed by atoms with Crippen molar-refractivity contribution >= 4 is 34.7 Å². The molecule has 4 nitrogen and oxygen atoms in total. The Hall–Kier alpha value is -1.33. The Labute approximate surface area is 116 Å². The third-order valence-electron chi connectivity index (χ3n) is 2.23. The molecule has 0 aliphatic carbocycles. The SMILES string of the molecule is CC(C)(NC(=O)COc1cccc(Cl)c1)C(N)=S. The van der Waals surface area contributed by atoms with Crippen LogP contribution in [0.15, 0.2) is 24.3 Å². The number of nitrogens with two attached hydrogens (primary N) is 1. The van der Waals surface area contributed by atoms with Gasteiger partial charge >= 0.3 is 0 Å². The highest BCUT2D eigenvalue weighted by atomic mass is 35.5. The van der Waals surface area contributed by atoms with Crippen molar-refractivity contribution in [3.05, 3.63) is 29.3 Å². The molecule has 1 amide bonds. The molecule has 1 aromatic rings. The van der Waals surface area contributed by atoms with Crippen LogP contribution in [0.4, 0.5) is 0 Å². The molecule has 0 unspecified atom stereocenters. The van der Waals surface area contributed by atoms with E-state index in [9.17, 15) is 4.79 Å². The quantitative estimate of drug-likeness (QED) is 0.812. The van der Waals surface area contributed by atoms with Crippen molar-refractivity contribution in [3.8, 4) is 5.75 Å². The number of hydrogen-bond acceptors (Lipinski definition) is 3. The third-order valence-corrected chi connectivity index (χ3v) is 2.98. The minimum absolute atomic E-state index is 0.119. The highest BCUT2D eigenvalue weighted by Gasteiger charge is 2.23. The number of halogens is 1. The van der Waals surface area contributed by atoms with E-state index in [-0.39, 0.29) is 17.5 Å². The summed E-state index contributed by atoms with van der Waals surface area (Å²) in [5.74, 6) is 0.235. The minimum atomic E-state index is -0.732. The molecule has 0 bridgehead atoms. The van der Waals surface area contributed by atoms with Gasteiger partial charge in [0.05, 0.1) is 10.5 Å². The molecular formula is C12H15ClN2O2S. The van der Waals surface area contributed by atoms with Gasteiger partial charge in [0.2, 0.25) is 0 Å². The van der Waals surface area contributed by atoms with Crippen LogP contribution in [-0.2, 0) is 4.79 Å². The second-order valence-electron chi connectivity index (χ2n) is 4.28. The lowest BCUT2D eigenvalue weighted by molar-refractivity contribution is -0.124. The molecule has 0 saturated carbocycles. The second-order valence-corrected chi connectivity index (χ2v) is 5.16. The molecule has 0 spiro atoms. The van der Waals surface area contributed by atoms with Gasteiger partial charge in [-0.15, -0.1) is 0 Å². The molecule has 0 aromatic heterocycles. The summed E-state index contributed by atoms with van der Waals surface area (Å²) in [6.45, 7) is 3.34. The summed E-state index contributed by atoms with van der Waals surface area (Å²) in [5, 5.41) is 3.23. The Morgan fingerprint density at radius 3 is 2.78 bits per heavy atom. The van der Waals surface area contributed by atoms with Crippen molar-refractivity contribution in [2.75, 3.05) is 6.61 Å². The lowest BCUT2D eigenvalue weighted by Gasteiger charge is -2.24. The van der Waals surface area contributed by atoms with Gasteiger partial charge in [0, 0.05) is 5.02 Å². The van der Waals surface area contributed by atoms with E-state index in [1.54, 1.807) is 38.1 Å². The molecule has 18 heavy (non-hydrogen) atoms. The molecule has 1 aromatic carbocycles. The van der Waals surface area contributed by atoms with Crippen LogP contribution in [0, 0.1) is 0 Å². The molecule has 0 heterocycles. The highest BCUT2D eigenvalue weighted by molar-refractivity contribution is 7.80. The lowest BCUT2D eigenvalue weighted by atomic mass is 10.1. The van der Waals surface area contributed by atoms with Gasteiger partial charge in [0.15, 0.2) is 6.61 Å². The van der Waals surface area contributed by atoms with Crippen molar-refractivity contribution in [2.24, 2.45) is 5.73 Å². The van der Waals surface area contributed by atoms with Crippen LogP contribution in [0.1, 0.15) is 13.8 Å². The molecule has 3 N–H and O–H groups in total. The van der Waals surface area contributed by atoms with Gasteiger partial charge < -0.3 is 15.8 Å². The average Bonchev–Trinajstić information content (AvgIpc) is 2.25. The number of benzene rings is 1. The monoisotopic (exact) mass is 286 g/mol. The third kappa shape index (κ3) is 4.50. The number of amides is 1. The normalized spacial score (nSPS) is 10.8. The predicted octanol–water partition coefficient (Wildman–Crippen LogP) is 1.90. The zero-order chi connectivity index (χ0) is 13.8. The summed E-state index contributed by atoms with van der Waals surface area (Å²) >= 11 is 10.6. The molecule has 0 aliphatic heterocycles. The predicted molar refractivity (Wildman–Crippen MR) is 76.0 cm³/mol.